The van der Waals surface area contributed by atoms with Gasteiger partial charge in [-0.15, -0.1) is 0 Å². The summed E-state index contributed by atoms with van der Waals surface area (Å²) in [6.07, 6.45) is 0.704. The van der Waals surface area contributed by atoms with Crippen LogP contribution in [0.4, 0.5) is 0 Å². The van der Waals surface area contributed by atoms with Crippen LogP contribution in [0.15, 0.2) is 58.0 Å². The summed E-state index contributed by atoms with van der Waals surface area (Å²) in [7, 11) is 0. The number of hydrogen-bond acceptors (Lipinski definition) is 5. The van der Waals surface area contributed by atoms with E-state index in [9.17, 15) is 5.26 Å². The average molecular weight is 462 g/mol. The van der Waals surface area contributed by atoms with E-state index < -0.39 is 0 Å². The lowest BCUT2D eigenvalue weighted by Gasteiger charge is -2.00. The van der Waals surface area contributed by atoms with Gasteiger partial charge in [0.05, 0.1) is 0 Å². The Balaban J connectivity index is 1.73. The fourth-order valence-electron chi connectivity index (χ4n) is 2.55. The van der Waals surface area contributed by atoms with Crippen molar-refractivity contribution in [3.63, 3.8) is 0 Å². The third-order valence-corrected chi connectivity index (χ3v) is 6.07. The van der Waals surface area contributed by atoms with Crippen LogP contribution in [0.3, 0.4) is 0 Å². The lowest BCUT2D eigenvalue weighted by Crippen LogP contribution is -1.92. The van der Waals surface area contributed by atoms with Crippen LogP contribution in [0.5, 0.6) is 0 Å². The van der Waals surface area contributed by atoms with E-state index in [1.807, 2.05) is 48.5 Å². The summed E-state index contributed by atoms with van der Waals surface area (Å²) in [4.78, 5) is 5.50. The van der Waals surface area contributed by atoms with Gasteiger partial charge in [-0.05, 0) is 29.8 Å². The Morgan fingerprint density at radius 2 is 1.88 bits per heavy atom. The number of thiocyanates is 1. The summed E-state index contributed by atoms with van der Waals surface area (Å²) in [5.41, 5.74) is 2.87. The number of benzene rings is 2. The molecule has 0 aliphatic rings. The molecular weight excluding hydrogens is 452 g/mol. The van der Waals surface area contributed by atoms with E-state index in [0.29, 0.717) is 6.42 Å². The molecule has 2 aromatic heterocycles. The zero-order valence-corrected chi connectivity index (χ0v) is 17.2. The summed E-state index contributed by atoms with van der Waals surface area (Å²) in [6.45, 7) is 0. The molecule has 0 radical (unpaired) electrons. The predicted octanol–water partition coefficient (Wildman–Crippen LogP) is 6.04. The number of thioether (sulfide) groups is 1. The van der Waals surface area contributed by atoms with E-state index in [0.717, 1.165) is 53.1 Å². The maximum Gasteiger partial charge on any atom is 0.213 e. The van der Waals surface area contributed by atoms with E-state index in [-0.39, 0.29) is 0 Å². The highest BCUT2D eigenvalue weighted by Crippen LogP contribution is 2.34. The Kier molecular flexibility index (Phi) is 5.00. The Labute approximate surface area is 171 Å². The number of fused-ring (bicyclic) bond motifs is 1. The number of halogens is 2. The quantitative estimate of drug-likeness (QED) is 0.275. The van der Waals surface area contributed by atoms with Crippen LogP contribution in [-0.2, 0) is 6.42 Å². The van der Waals surface area contributed by atoms with Gasteiger partial charge in [-0.25, -0.2) is 4.98 Å². The monoisotopic (exact) mass is 460 g/mol. The maximum atomic E-state index is 9.21. The van der Waals surface area contributed by atoms with Gasteiger partial charge < -0.3 is 0 Å². The molecule has 0 fully saturated rings. The summed E-state index contributed by atoms with van der Waals surface area (Å²) in [5, 5.41) is 18.4. The first kappa shape index (κ1) is 17.6. The molecule has 2 aromatic carbocycles. The van der Waals surface area contributed by atoms with Crippen molar-refractivity contribution in [2.75, 3.05) is 0 Å². The Morgan fingerprint density at radius 3 is 2.58 bits per heavy atom. The third-order valence-electron chi connectivity index (χ3n) is 3.73. The van der Waals surface area contributed by atoms with Crippen molar-refractivity contribution < 1.29 is 0 Å². The number of hydrogen-bond donors (Lipinski definition) is 0. The molecule has 4 aromatic rings. The van der Waals surface area contributed by atoms with Gasteiger partial charge in [-0.2, -0.15) is 14.9 Å². The second kappa shape index (κ2) is 7.41. The molecule has 0 unspecified atom stereocenters. The van der Waals surface area contributed by atoms with Gasteiger partial charge in [0.1, 0.15) is 21.1 Å². The Hall–Kier alpha value is -1.85. The highest BCUT2D eigenvalue weighted by atomic mass is 79.9. The molecule has 0 aliphatic carbocycles. The van der Waals surface area contributed by atoms with Crippen molar-refractivity contribution in [3.8, 4) is 16.7 Å². The highest BCUT2D eigenvalue weighted by Gasteiger charge is 2.19. The van der Waals surface area contributed by atoms with Crippen LogP contribution in [0.25, 0.3) is 16.2 Å². The Morgan fingerprint density at radius 1 is 1.15 bits per heavy atom. The molecule has 2 heterocycles. The molecule has 0 saturated heterocycles. The van der Waals surface area contributed by atoms with Crippen molar-refractivity contribution in [1.82, 2.24) is 14.6 Å². The zero-order chi connectivity index (χ0) is 18.1. The largest absolute Gasteiger partial charge is 0.216 e. The van der Waals surface area contributed by atoms with E-state index in [2.05, 4.69) is 26.4 Å². The third kappa shape index (κ3) is 3.51. The topological polar surface area (TPSA) is 54.0 Å². The molecule has 0 atom stereocenters. The molecular formula is C18H10BrClN4S2. The molecule has 0 aliphatic heterocycles. The Bertz CT molecular complexity index is 1110. The van der Waals surface area contributed by atoms with Crippen molar-refractivity contribution in [3.05, 3.63) is 68.6 Å². The van der Waals surface area contributed by atoms with E-state index in [4.69, 9.17) is 16.6 Å². The number of nitrogens with zero attached hydrogens (tertiary/aromatic N) is 4. The van der Waals surface area contributed by atoms with Crippen LogP contribution < -0.4 is 0 Å². The lowest BCUT2D eigenvalue weighted by atomic mass is 10.2. The first-order valence-corrected chi connectivity index (χ1v) is 10.4. The van der Waals surface area contributed by atoms with E-state index in [1.54, 1.807) is 4.52 Å². The minimum Gasteiger partial charge on any atom is -0.216 e. The molecule has 0 bridgehead atoms. The normalized spacial score (nSPS) is 11.0. The van der Waals surface area contributed by atoms with Crippen molar-refractivity contribution >= 4 is 55.6 Å². The van der Waals surface area contributed by atoms with Gasteiger partial charge in [-0.3, -0.25) is 0 Å². The number of imidazole rings is 1. The standard InChI is InChI=1S/C18H10BrClN4S2/c19-13-5-3-12(4-6-13)16-17(25-10-21)24-18(22-16)26-15(23-24)9-11-1-7-14(20)8-2-11/h1-8H,9H2. The van der Waals surface area contributed by atoms with Gasteiger partial charge >= 0.3 is 0 Å². The first-order chi connectivity index (χ1) is 12.6. The van der Waals surface area contributed by atoms with Gasteiger partial charge in [-0.1, -0.05) is 63.1 Å². The van der Waals surface area contributed by atoms with E-state index in [1.165, 1.54) is 11.3 Å². The minimum atomic E-state index is 0.704. The second-order valence-electron chi connectivity index (χ2n) is 5.46. The van der Waals surface area contributed by atoms with Crippen molar-refractivity contribution in [2.24, 2.45) is 0 Å². The molecule has 0 amide bonds. The van der Waals surface area contributed by atoms with Crippen molar-refractivity contribution in [2.45, 2.75) is 11.4 Å². The zero-order valence-electron chi connectivity index (χ0n) is 13.2. The van der Waals surface area contributed by atoms with Crippen LogP contribution >= 0.6 is 50.6 Å². The maximum absolute atomic E-state index is 9.21. The molecule has 4 nitrogen and oxygen atoms in total. The SMILES string of the molecule is N#CSc1c(-c2ccc(Br)cc2)nc2sc(Cc3ccc(Cl)cc3)nn12. The summed E-state index contributed by atoms with van der Waals surface area (Å²) in [6, 6.07) is 15.6. The first-order valence-electron chi connectivity index (χ1n) is 7.59. The molecule has 26 heavy (non-hydrogen) atoms. The number of aromatic nitrogens is 3. The number of nitriles is 1. The van der Waals surface area contributed by atoms with Gasteiger partial charge in [0.25, 0.3) is 0 Å². The molecule has 0 N–H and O–H groups in total. The van der Waals surface area contributed by atoms with Crippen LogP contribution in [0.1, 0.15) is 10.6 Å². The number of rotatable bonds is 4. The fourth-order valence-corrected chi connectivity index (χ4v) is 4.48. The average Bonchev–Trinajstić information content (AvgIpc) is 3.17. The molecule has 0 saturated carbocycles. The molecule has 128 valence electrons. The van der Waals surface area contributed by atoms with Crippen LogP contribution in [-0.4, -0.2) is 14.6 Å². The minimum absolute atomic E-state index is 0.704. The van der Waals surface area contributed by atoms with Gasteiger partial charge in [0.15, 0.2) is 0 Å². The molecule has 8 heteroatoms. The summed E-state index contributed by atoms with van der Waals surface area (Å²) >= 11 is 12.0. The lowest BCUT2D eigenvalue weighted by molar-refractivity contribution is 0.853. The summed E-state index contributed by atoms with van der Waals surface area (Å²) < 4.78 is 2.77. The fraction of sp³-hybridized carbons (Fsp3) is 0.0556. The highest BCUT2D eigenvalue weighted by molar-refractivity contribution is 9.10. The van der Waals surface area contributed by atoms with Crippen molar-refractivity contribution in [1.29, 1.82) is 5.26 Å². The van der Waals surface area contributed by atoms with Gasteiger partial charge in [0.2, 0.25) is 4.96 Å². The van der Waals surface area contributed by atoms with Crippen LogP contribution in [0, 0.1) is 10.7 Å². The summed E-state index contributed by atoms with van der Waals surface area (Å²) in [5.74, 6) is 0. The second-order valence-corrected chi connectivity index (χ2v) is 8.63. The molecule has 4 rings (SSSR count). The molecule has 0 spiro atoms. The predicted molar refractivity (Wildman–Crippen MR) is 110 cm³/mol. The van der Waals surface area contributed by atoms with Gasteiger partial charge in [0, 0.05) is 33.2 Å². The van der Waals surface area contributed by atoms with Crippen LogP contribution in [0.2, 0.25) is 5.02 Å². The van der Waals surface area contributed by atoms with E-state index >= 15 is 0 Å². The smallest absolute Gasteiger partial charge is 0.213 e.